The molecule has 0 amide bonds. The van der Waals surface area contributed by atoms with Gasteiger partial charge in [0.15, 0.2) is 0 Å². The minimum atomic E-state index is -0.772. The number of rotatable bonds is 17. The minimum absolute atomic E-state index is 0.135. The van der Waals surface area contributed by atoms with Crippen molar-refractivity contribution in [2.45, 2.75) is 58.0 Å². The first-order valence-corrected chi connectivity index (χ1v) is 22.0. The lowest BCUT2D eigenvalue weighted by molar-refractivity contribution is -0.138. The summed E-state index contributed by atoms with van der Waals surface area (Å²) in [5, 5.41) is 20.5. The van der Waals surface area contributed by atoms with Crippen LogP contribution in [0, 0.1) is 0 Å². The predicted molar refractivity (Wildman–Crippen MR) is 257 cm³/mol. The van der Waals surface area contributed by atoms with Gasteiger partial charge in [-0.15, -0.1) is 0 Å². The molecule has 0 aliphatic carbocycles. The van der Waals surface area contributed by atoms with Crippen LogP contribution < -0.4 is 4.74 Å². The lowest BCUT2D eigenvalue weighted by Gasteiger charge is -2.09. The van der Waals surface area contributed by atoms with Crippen molar-refractivity contribution >= 4 is 33.7 Å². The summed E-state index contributed by atoms with van der Waals surface area (Å²) in [4.78, 5) is 22.0. The number of aliphatic carboxylic acids is 2. The first-order chi connectivity index (χ1) is 31.4. The van der Waals surface area contributed by atoms with Crippen molar-refractivity contribution in [3.05, 3.63) is 233 Å². The maximum Gasteiger partial charge on any atom is 0.303 e. The van der Waals surface area contributed by atoms with Gasteiger partial charge in [-0.2, -0.15) is 0 Å². The number of hydrogen-bond donors (Lipinski definition) is 2. The van der Waals surface area contributed by atoms with E-state index < -0.39 is 11.9 Å². The topological polar surface area (TPSA) is 93.7 Å². The molecule has 0 aliphatic heterocycles. The highest BCUT2D eigenvalue weighted by Crippen LogP contribution is 2.30. The highest BCUT2D eigenvalue weighted by Gasteiger charge is 2.14. The molecule has 0 aliphatic rings. The molecule has 0 bridgehead atoms. The maximum absolute atomic E-state index is 11.1. The zero-order valence-electron chi connectivity index (χ0n) is 35.9. The van der Waals surface area contributed by atoms with Gasteiger partial charge in [-0.3, -0.25) is 9.59 Å². The smallest absolute Gasteiger partial charge is 0.303 e. The fourth-order valence-corrected chi connectivity index (χ4v) is 8.21. The van der Waals surface area contributed by atoms with E-state index in [1.165, 1.54) is 33.0 Å². The summed E-state index contributed by atoms with van der Waals surface area (Å²) >= 11 is 0. The molecule has 2 aromatic heterocycles. The number of aromatic nitrogens is 2. The Morgan fingerprint density at radius 2 is 0.812 bits per heavy atom. The van der Waals surface area contributed by atoms with Gasteiger partial charge >= 0.3 is 11.9 Å². The summed E-state index contributed by atoms with van der Waals surface area (Å²) < 4.78 is 10.4. The normalized spacial score (nSPS) is 11.0. The molecule has 0 atom stereocenters. The number of carboxylic acids is 2. The summed E-state index contributed by atoms with van der Waals surface area (Å²) in [6.45, 7) is 0.537. The van der Waals surface area contributed by atoms with E-state index in [1.807, 2.05) is 72.8 Å². The van der Waals surface area contributed by atoms with Crippen LogP contribution in [0.15, 0.2) is 194 Å². The third kappa shape index (κ3) is 11.2. The summed E-state index contributed by atoms with van der Waals surface area (Å²) in [7, 11) is 0. The Hall–Kier alpha value is -7.64. The van der Waals surface area contributed by atoms with E-state index in [0.717, 1.165) is 70.5 Å². The molecule has 0 radical (unpaired) electrons. The number of aryl methyl sites for hydroxylation is 6. The Balaban J connectivity index is 0.000000181. The summed E-state index contributed by atoms with van der Waals surface area (Å²) in [6.07, 6.45) is 9.61. The van der Waals surface area contributed by atoms with Crippen LogP contribution in [0.1, 0.15) is 51.8 Å². The number of hydrogen-bond acceptors (Lipinski definition) is 3. The molecule has 2 N–H and O–H groups in total. The van der Waals surface area contributed by atoms with Crippen molar-refractivity contribution in [1.29, 1.82) is 0 Å². The van der Waals surface area contributed by atoms with Crippen LogP contribution in [-0.4, -0.2) is 31.3 Å². The van der Waals surface area contributed by atoms with E-state index in [4.69, 9.17) is 14.9 Å². The number of nitrogens with zero attached hydrogens (tertiary/aromatic N) is 2. The van der Waals surface area contributed by atoms with Crippen LogP contribution in [0.5, 0.6) is 5.75 Å². The Labute approximate surface area is 374 Å². The second-order valence-electron chi connectivity index (χ2n) is 16.1. The maximum atomic E-state index is 11.1. The number of fused-ring (bicyclic) bond motifs is 2. The average molecular weight is 845 g/mol. The van der Waals surface area contributed by atoms with Crippen LogP contribution >= 0.6 is 0 Å². The van der Waals surface area contributed by atoms with Crippen molar-refractivity contribution in [3.63, 3.8) is 0 Å². The van der Waals surface area contributed by atoms with E-state index in [9.17, 15) is 9.59 Å². The fraction of sp³-hybridized carbons (Fsp3) is 0.158. The quantitative estimate of drug-likeness (QED) is 0.0952. The third-order valence-corrected chi connectivity index (χ3v) is 11.6. The number of benzene rings is 7. The second-order valence-corrected chi connectivity index (χ2v) is 16.1. The Morgan fingerprint density at radius 1 is 0.406 bits per heavy atom. The molecule has 7 heteroatoms. The lowest BCUT2D eigenvalue weighted by Crippen LogP contribution is -1.98. The molecule has 0 fully saturated rings. The number of carbonyl (C=O) groups is 2. The third-order valence-electron chi connectivity index (χ3n) is 11.6. The van der Waals surface area contributed by atoms with E-state index >= 15 is 0 Å². The molecule has 7 aromatic carbocycles. The average Bonchev–Trinajstić information content (AvgIpc) is 3.90. The van der Waals surface area contributed by atoms with Crippen LogP contribution in [0.4, 0.5) is 0 Å². The van der Waals surface area contributed by atoms with E-state index in [2.05, 4.69) is 131 Å². The molecule has 64 heavy (non-hydrogen) atoms. The molecule has 0 saturated heterocycles. The Kier molecular flexibility index (Phi) is 14.1. The molecule has 9 aromatic rings. The van der Waals surface area contributed by atoms with E-state index in [0.29, 0.717) is 19.4 Å². The van der Waals surface area contributed by atoms with Gasteiger partial charge in [-0.1, -0.05) is 121 Å². The first-order valence-electron chi connectivity index (χ1n) is 22.0. The molecular formula is C57H52N2O5. The van der Waals surface area contributed by atoms with Gasteiger partial charge in [0, 0.05) is 47.4 Å². The van der Waals surface area contributed by atoms with Gasteiger partial charge in [0.05, 0.1) is 11.0 Å². The van der Waals surface area contributed by atoms with Crippen LogP contribution in [0.3, 0.4) is 0 Å². The van der Waals surface area contributed by atoms with Crippen LogP contribution in [0.2, 0.25) is 0 Å². The second kappa shape index (κ2) is 21.0. The molecule has 0 spiro atoms. The van der Waals surface area contributed by atoms with E-state index in [1.54, 1.807) is 0 Å². The predicted octanol–water partition coefficient (Wildman–Crippen LogP) is 12.4. The highest BCUT2D eigenvalue weighted by molar-refractivity contribution is 5.87. The molecule has 2 heterocycles. The SMILES string of the molecule is O=C(O)CCc1ccc2c(c1)c(CCc1ccccc1)cn2-c1ccc(OCc2ccccc2)cc1.O=C(O)CCc1ccc2c(c1)c(CCc1ccccc1)cn2-c1ccccc1. The summed E-state index contributed by atoms with van der Waals surface area (Å²) in [5.41, 5.74) is 12.9. The van der Waals surface area contributed by atoms with Crippen LogP contribution in [-0.2, 0) is 54.7 Å². The van der Waals surface area contributed by atoms with Crippen molar-refractivity contribution in [2.24, 2.45) is 0 Å². The number of carboxylic acid groups (broad SMARTS) is 2. The van der Waals surface area contributed by atoms with Crippen LogP contribution in [0.25, 0.3) is 33.2 Å². The molecular weight excluding hydrogens is 793 g/mol. The summed E-state index contributed by atoms with van der Waals surface area (Å²) in [5.74, 6) is -0.697. The van der Waals surface area contributed by atoms with Gasteiger partial charge in [0.2, 0.25) is 0 Å². The first kappa shape index (κ1) is 43.0. The largest absolute Gasteiger partial charge is 0.489 e. The lowest BCUT2D eigenvalue weighted by atomic mass is 10.0. The fourth-order valence-electron chi connectivity index (χ4n) is 8.21. The standard InChI is InChI=1S/C32H29NO3.C25H23NO2/c34-32(35)20-13-25-12-19-31-30(21-25)27(14-11-24-7-3-1-4-8-24)22-33(31)28-15-17-29(18-16-28)36-23-26-9-5-2-6-10-26;27-25(28)16-13-20-12-15-24-23(17-20)21(14-11-19-7-3-1-4-8-19)18-26(24)22-9-5-2-6-10-22/h1-10,12,15-19,21-22H,11,13-14,20,23H2,(H,34,35);1-10,12,15,17-18H,11,13-14,16H2,(H,27,28). The van der Waals surface area contributed by atoms with E-state index in [-0.39, 0.29) is 12.8 Å². The zero-order chi connectivity index (χ0) is 44.1. The summed E-state index contributed by atoms with van der Waals surface area (Å²) in [6, 6.07) is 62.3. The zero-order valence-corrected chi connectivity index (χ0v) is 35.9. The van der Waals surface area contributed by atoms with Gasteiger partial charge < -0.3 is 24.1 Å². The van der Waals surface area contributed by atoms with Gasteiger partial charge in [0.1, 0.15) is 12.4 Å². The molecule has 9 rings (SSSR count). The molecule has 7 nitrogen and oxygen atoms in total. The number of ether oxygens (including phenoxy) is 1. The monoisotopic (exact) mass is 844 g/mol. The Bertz CT molecular complexity index is 2920. The molecule has 0 saturated carbocycles. The molecule has 320 valence electrons. The molecule has 0 unspecified atom stereocenters. The highest BCUT2D eigenvalue weighted by atomic mass is 16.5. The van der Waals surface area contributed by atoms with Gasteiger partial charge in [0.25, 0.3) is 0 Å². The van der Waals surface area contributed by atoms with Gasteiger partial charge in [-0.25, -0.2) is 0 Å². The van der Waals surface area contributed by atoms with Crippen molar-refractivity contribution in [1.82, 2.24) is 9.13 Å². The Morgan fingerprint density at radius 3 is 1.25 bits per heavy atom. The van der Waals surface area contributed by atoms with Crippen molar-refractivity contribution in [2.75, 3.05) is 0 Å². The minimum Gasteiger partial charge on any atom is -0.489 e. The number of para-hydroxylation sites is 1. The van der Waals surface area contributed by atoms with Crippen molar-refractivity contribution < 1.29 is 24.5 Å². The van der Waals surface area contributed by atoms with Gasteiger partial charge in [-0.05, 0) is 138 Å². The van der Waals surface area contributed by atoms with Crippen molar-refractivity contribution in [3.8, 4) is 17.1 Å².